The van der Waals surface area contributed by atoms with E-state index in [2.05, 4.69) is 5.43 Å². The number of carbonyl (C=O) groups is 1. The van der Waals surface area contributed by atoms with E-state index in [1.807, 2.05) is 0 Å². The van der Waals surface area contributed by atoms with Gasteiger partial charge < -0.3 is 10.5 Å². The van der Waals surface area contributed by atoms with Crippen molar-refractivity contribution in [2.24, 2.45) is 5.73 Å². The molecule has 0 aromatic rings. The molecule has 14 heavy (non-hydrogen) atoms. The van der Waals surface area contributed by atoms with Crippen LogP contribution < -0.4 is 11.2 Å². The number of nitrogens with two attached hydrogens (primary N) is 1. The maximum Gasteiger partial charge on any atom is 0.256 e. The van der Waals surface area contributed by atoms with Crippen LogP contribution in [0, 0.1) is 0 Å². The number of carbonyl (C=O) groups excluding carboxylic acids is 1. The third-order valence-electron chi connectivity index (χ3n) is 2.92. The number of amides is 1. The summed E-state index contributed by atoms with van der Waals surface area (Å²) in [4.78, 5) is 12.0. The Morgan fingerprint density at radius 3 is 2.71 bits per heavy atom. The Morgan fingerprint density at radius 2 is 2.14 bits per heavy atom. The van der Waals surface area contributed by atoms with Crippen molar-refractivity contribution in [1.82, 2.24) is 10.4 Å². The van der Waals surface area contributed by atoms with Crippen molar-refractivity contribution >= 4 is 5.91 Å². The minimum Gasteiger partial charge on any atom is -0.381 e. The summed E-state index contributed by atoms with van der Waals surface area (Å²) >= 11 is 0. The van der Waals surface area contributed by atoms with Gasteiger partial charge in [0.05, 0.1) is 0 Å². The minimum absolute atomic E-state index is 0.0262. The molecule has 0 unspecified atom stereocenters. The molecule has 80 valence electrons. The van der Waals surface area contributed by atoms with E-state index < -0.39 is 5.54 Å². The summed E-state index contributed by atoms with van der Waals surface area (Å²) in [5, 5.41) is 1.66. The third-order valence-corrected chi connectivity index (χ3v) is 2.92. The zero-order chi connectivity index (χ0) is 10.0. The maximum atomic E-state index is 12.0. The average Bonchev–Trinajstić information content (AvgIpc) is 2.70. The SMILES string of the molecule is NC1(C(=O)N2CCCN2)CCOCC1. The van der Waals surface area contributed by atoms with E-state index in [0.29, 0.717) is 26.1 Å². The summed E-state index contributed by atoms with van der Waals surface area (Å²) < 4.78 is 5.21. The molecular weight excluding hydrogens is 182 g/mol. The normalized spacial score (nSPS) is 26.5. The van der Waals surface area contributed by atoms with E-state index in [4.69, 9.17) is 10.5 Å². The molecular formula is C9H17N3O2. The molecule has 0 radical (unpaired) electrons. The van der Waals surface area contributed by atoms with Gasteiger partial charge in [0.1, 0.15) is 5.54 Å². The van der Waals surface area contributed by atoms with Crippen LogP contribution in [0.5, 0.6) is 0 Å². The molecule has 2 saturated heterocycles. The van der Waals surface area contributed by atoms with Gasteiger partial charge in [0.25, 0.3) is 5.91 Å². The van der Waals surface area contributed by atoms with Crippen molar-refractivity contribution in [3.05, 3.63) is 0 Å². The fourth-order valence-electron chi connectivity index (χ4n) is 1.92. The van der Waals surface area contributed by atoms with Crippen LogP contribution in [0.25, 0.3) is 0 Å². The van der Waals surface area contributed by atoms with Gasteiger partial charge in [0.15, 0.2) is 0 Å². The van der Waals surface area contributed by atoms with E-state index in [9.17, 15) is 4.79 Å². The number of hydrogen-bond acceptors (Lipinski definition) is 4. The molecule has 3 N–H and O–H groups in total. The molecule has 0 aromatic carbocycles. The lowest BCUT2D eigenvalue weighted by Gasteiger charge is -2.34. The van der Waals surface area contributed by atoms with Crippen LogP contribution in [0.1, 0.15) is 19.3 Å². The number of rotatable bonds is 1. The molecule has 0 saturated carbocycles. The minimum atomic E-state index is -0.699. The molecule has 2 heterocycles. The van der Waals surface area contributed by atoms with Gasteiger partial charge in [-0.05, 0) is 19.3 Å². The Labute approximate surface area is 83.5 Å². The lowest BCUT2D eigenvalue weighted by atomic mass is 9.90. The van der Waals surface area contributed by atoms with E-state index >= 15 is 0 Å². The monoisotopic (exact) mass is 199 g/mol. The lowest BCUT2D eigenvalue weighted by Crippen LogP contribution is -2.59. The third kappa shape index (κ3) is 1.75. The predicted molar refractivity (Wildman–Crippen MR) is 51.3 cm³/mol. The quantitative estimate of drug-likeness (QED) is 0.582. The van der Waals surface area contributed by atoms with Gasteiger partial charge in [-0.2, -0.15) is 0 Å². The van der Waals surface area contributed by atoms with Crippen LogP contribution in [-0.4, -0.2) is 42.8 Å². The van der Waals surface area contributed by atoms with Crippen LogP contribution in [-0.2, 0) is 9.53 Å². The molecule has 5 heteroatoms. The van der Waals surface area contributed by atoms with Gasteiger partial charge in [-0.3, -0.25) is 9.80 Å². The van der Waals surface area contributed by atoms with Gasteiger partial charge in [-0.25, -0.2) is 5.43 Å². The van der Waals surface area contributed by atoms with Crippen molar-refractivity contribution in [2.45, 2.75) is 24.8 Å². The zero-order valence-corrected chi connectivity index (χ0v) is 8.29. The second-order valence-corrected chi connectivity index (χ2v) is 3.99. The van der Waals surface area contributed by atoms with Crippen LogP contribution in [0.3, 0.4) is 0 Å². The smallest absolute Gasteiger partial charge is 0.256 e. The highest BCUT2D eigenvalue weighted by Crippen LogP contribution is 2.20. The molecule has 0 spiro atoms. The van der Waals surface area contributed by atoms with Crippen molar-refractivity contribution in [3.8, 4) is 0 Å². The largest absolute Gasteiger partial charge is 0.381 e. The Hall–Kier alpha value is -0.650. The van der Waals surface area contributed by atoms with E-state index in [-0.39, 0.29) is 5.91 Å². The van der Waals surface area contributed by atoms with Crippen molar-refractivity contribution in [2.75, 3.05) is 26.3 Å². The average molecular weight is 199 g/mol. The molecule has 0 aromatic heterocycles. The molecule has 0 bridgehead atoms. The predicted octanol–water partition coefficient (Wildman–Crippen LogP) is -0.769. The first-order chi connectivity index (χ1) is 6.72. The van der Waals surface area contributed by atoms with Crippen molar-refractivity contribution < 1.29 is 9.53 Å². The number of ether oxygens (including phenoxy) is 1. The fourth-order valence-corrected chi connectivity index (χ4v) is 1.92. The van der Waals surface area contributed by atoms with Gasteiger partial charge in [-0.15, -0.1) is 0 Å². The van der Waals surface area contributed by atoms with Crippen LogP contribution in [0.4, 0.5) is 0 Å². The molecule has 0 aliphatic carbocycles. The highest BCUT2D eigenvalue weighted by molar-refractivity contribution is 5.86. The number of nitrogens with one attached hydrogen (secondary N) is 1. The summed E-state index contributed by atoms with van der Waals surface area (Å²) in [5.41, 5.74) is 8.41. The van der Waals surface area contributed by atoms with Gasteiger partial charge in [-0.1, -0.05) is 0 Å². The standard InChI is InChI=1S/C9H17N3O2/c10-9(2-6-14-7-3-9)8(13)12-5-1-4-11-12/h11H,1-7,10H2. The first kappa shape index (κ1) is 9.89. The molecule has 2 fully saturated rings. The Balaban J connectivity index is 2.00. The second-order valence-electron chi connectivity index (χ2n) is 3.99. The van der Waals surface area contributed by atoms with Crippen molar-refractivity contribution in [1.29, 1.82) is 0 Å². The zero-order valence-electron chi connectivity index (χ0n) is 8.29. The number of hydrogen-bond donors (Lipinski definition) is 2. The topological polar surface area (TPSA) is 67.6 Å². The maximum absolute atomic E-state index is 12.0. The Morgan fingerprint density at radius 1 is 1.43 bits per heavy atom. The summed E-state index contributed by atoms with van der Waals surface area (Å²) in [6, 6.07) is 0. The first-order valence-corrected chi connectivity index (χ1v) is 5.14. The van der Waals surface area contributed by atoms with Gasteiger partial charge >= 0.3 is 0 Å². The van der Waals surface area contributed by atoms with Gasteiger partial charge in [0.2, 0.25) is 0 Å². The van der Waals surface area contributed by atoms with Crippen LogP contribution >= 0.6 is 0 Å². The second kappa shape index (κ2) is 3.84. The molecule has 2 aliphatic heterocycles. The van der Waals surface area contributed by atoms with Crippen LogP contribution in [0.15, 0.2) is 0 Å². The van der Waals surface area contributed by atoms with Crippen molar-refractivity contribution in [3.63, 3.8) is 0 Å². The summed E-state index contributed by atoms with van der Waals surface area (Å²) in [6.45, 7) is 2.84. The highest BCUT2D eigenvalue weighted by Gasteiger charge is 2.39. The summed E-state index contributed by atoms with van der Waals surface area (Å²) in [5.74, 6) is 0.0262. The highest BCUT2D eigenvalue weighted by atomic mass is 16.5. The number of hydrazine groups is 1. The first-order valence-electron chi connectivity index (χ1n) is 5.14. The molecule has 2 rings (SSSR count). The van der Waals surface area contributed by atoms with E-state index in [0.717, 1.165) is 19.5 Å². The molecule has 2 aliphatic rings. The van der Waals surface area contributed by atoms with Gasteiger partial charge in [0, 0.05) is 26.3 Å². The lowest BCUT2D eigenvalue weighted by molar-refractivity contribution is -0.142. The van der Waals surface area contributed by atoms with E-state index in [1.165, 1.54) is 0 Å². The fraction of sp³-hybridized carbons (Fsp3) is 0.889. The van der Waals surface area contributed by atoms with E-state index in [1.54, 1.807) is 5.01 Å². The summed E-state index contributed by atoms with van der Waals surface area (Å²) in [6.07, 6.45) is 2.27. The Bertz CT molecular complexity index is 220. The molecule has 5 nitrogen and oxygen atoms in total. The van der Waals surface area contributed by atoms with Crippen LogP contribution in [0.2, 0.25) is 0 Å². The summed E-state index contributed by atoms with van der Waals surface area (Å²) in [7, 11) is 0. The molecule has 1 amide bonds. The Kier molecular flexibility index (Phi) is 2.71. The number of nitrogens with zero attached hydrogens (tertiary/aromatic N) is 1. The molecule has 0 atom stereocenters.